The lowest BCUT2D eigenvalue weighted by molar-refractivity contribution is -0.678. The van der Waals surface area contributed by atoms with Crippen molar-refractivity contribution in [2.24, 2.45) is 7.05 Å². The number of hydrogen-bond acceptors (Lipinski definition) is 0. The second-order valence-electron chi connectivity index (χ2n) is 9.14. The fourth-order valence-corrected chi connectivity index (χ4v) is 4.44. The Bertz CT molecular complexity index is 956. The summed E-state index contributed by atoms with van der Waals surface area (Å²) in [6.07, 6.45) is 4.50. The molecule has 0 aliphatic carbocycles. The Morgan fingerprint density at radius 1 is 0.929 bits per heavy atom. The summed E-state index contributed by atoms with van der Waals surface area (Å²) in [4.78, 5) is 0. The highest BCUT2D eigenvalue weighted by atomic mass is 15.1. The summed E-state index contributed by atoms with van der Waals surface area (Å²) >= 11 is 0. The first-order valence-corrected chi connectivity index (χ1v) is 10.7. The van der Waals surface area contributed by atoms with Gasteiger partial charge in [-0.25, -0.2) is 4.57 Å². The van der Waals surface area contributed by atoms with E-state index in [2.05, 4.69) is 106 Å². The van der Waals surface area contributed by atoms with E-state index < -0.39 is 0 Å². The van der Waals surface area contributed by atoms with Gasteiger partial charge < -0.3 is 0 Å². The minimum absolute atomic E-state index is 0.466. The van der Waals surface area contributed by atoms with Crippen LogP contribution in [0.4, 0.5) is 0 Å². The van der Waals surface area contributed by atoms with E-state index in [0.717, 1.165) is 5.82 Å². The zero-order valence-corrected chi connectivity index (χ0v) is 18.1. The summed E-state index contributed by atoms with van der Waals surface area (Å²) < 4.78 is 4.82. The van der Waals surface area contributed by atoms with Crippen molar-refractivity contribution in [2.75, 3.05) is 0 Å². The smallest absolute Gasteiger partial charge is 0.237 e. The zero-order valence-electron chi connectivity index (χ0n) is 18.1. The highest BCUT2D eigenvalue weighted by molar-refractivity contribution is 6.53. The van der Waals surface area contributed by atoms with Crippen molar-refractivity contribution >= 4 is 7.28 Å². The molecule has 144 valence electrons. The third-order valence-corrected chi connectivity index (χ3v) is 6.25. The molecular formula is C25H32BN2+. The Morgan fingerprint density at radius 3 is 2.00 bits per heavy atom. The molecule has 1 saturated heterocycles. The quantitative estimate of drug-likeness (QED) is 0.413. The normalized spacial score (nSPS) is 18.6. The van der Waals surface area contributed by atoms with Crippen LogP contribution in [0.3, 0.4) is 0 Å². The number of aromatic nitrogens is 2. The van der Waals surface area contributed by atoms with Crippen LogP contribution in [0.2, 0.25) is 5.82 Å². The lowest BCUT2D eigenvalue weighted by atomic mass is 9.88. The van der Waals surface area contributed by atoms with Crippen molar-refractivity contribution in [3.05, 3.63) is 71.8 Å². The monoisotopic (exact) mass is 371 g/mol. The lowest BCUT2D eigenvalue weighted by Gasteiger charge is -2.20. The lowest BCUT2D eigenvalue weighted by Crippen LogP contribution is -2.32. The van der Waals surface area contributed by atoms with Gasteiger partial charge in [-0.15, -0.1) is 0 Å². The predicted octanol–water partition coefficient (Wildman–Crippen LogP) is 5.52. The van der Waals surface area contributed by atoms with Crippen molar-refractivity contribution in [2.45, 2.75) is 58.1 Å². The van der Waals surface area contributed by atoms with Crippen LogP contribution < -0.4 is 4.57 Å². The number of benzene rings is 2. The number of aryl methyl sites for hydroxylation is 1. The summed E-state index contributed by atoms with van der Waals surface area (Å²) in [5.74, 6) is 3.84. The molecule has 1 aliphatic rings. The predicted molar refractivity (Wildman–Crippen MR) is 120 cm³/mol. The maximum atomic E-state index is 2.49. The summed E-state index contributed by atoms with van der Waals surface area (Å²) in [5.41, 5.74) is 6.91. The maximum Gasteiger partial charge on any atom is 0.256 e. The second-order valence-corrected chi connectivity index (χ2v) is 9.14. The van der Waals surface area contributed by atoms with Gasteiger partial charge in [0.05, 0.1) is 7.05 Å². The van der Waals surface area contributed by atoms with Crippen molar-refractivity contribution in [1.82, 2.24) is 4.57 Å². The Balaban J connectivity index is 1.97. The molecule has 4 rings (SSSR count). The van der Waals surface area contributed by atoms with E-state index in [4.69, 9.17) is 0 Å². The summed E-state index contributed by atoms with van der Waals surface area (Å²) in [6.45, 7) is 11.6. The molecule has 0 bridgehead atoms. The molecule has 3 heteroatoms. The molecular weight excluding hydrogens is 339 g/mol. The standard InChI is InChI=1S/C25H32BN2/c1-16(2)21-14-20(19-10-8-7-9-11-19)15-22(17(3)4)24(21)28-13-12-27(6)25(28)23-18(5)26-23/h7-18,23,26H,1-6H3/q+1. The third kappa shape index (κ3) is 3.32. The molecule has 2 aromatic carbocycles. The zero-order chi connectivity index (χ0) is 20.0. The molecule has 1 aliphatic heterocycles. The summed E-state index contributed by atoms with van der Waals surface area (Å²) in [6, 6.07) is 15.6. The molecule has 3 aromatic rings. The number of nitrogens with zero attached hydrogens (tertiary/aromatic N) is 2. The van der Waals surface area contributed by atoms with E-state index in [1.807, 2.05) is 0 Å². The van der Waals surface area contributed by atoms with Gasteiger partial charge in [-0.2, -0.15) is 4.57 Å². The number of imidazole rings is 1. The fraction of sp³-hybridized carbons (Fsp3) is 0.400. The van der Waals surface area contributed by atoms with Gasteiger partial charge in [0.2, 0.25) is 0 Å². The molecule has 2 nitrogen and oxygen atoms in total. The van der Waals surface area contributed by atoms with Gasteiger partial charge in [0.15, 0.2) is 0 Å². The first-order chi connectivity index (χ1) is 13.4. The largest absolute Gasteiger partial charge is 0.256 e. The Kier molecular flexibility index (Phi) is 4.95. The minimum atomic E-state index is 0.466. The molecule has 0 spiro atoms. The van der Waals surface area contributed by atoms with Crippen LogP contribution in [0, 0.1) is 0 Å². The van der Waals surface area contributed by atoms with Gasteiger partial charge in [0, 0.05) is 16.9 Å². The molecule has 2 heterocycles. The average molecular weight is 371 g/mol. The number of rotatable bonds is 5. The van der Waals surface area contributed by atoms with Gasteiger partial charge in [-0.1, -0.05) is 70.8 Å². The molecule has 28 heavy (non-hydrogen) atoms. The average Bonchev–Trinajstić information content (AvgIpc) is 3.27. The second kappa shape index (κ2) is 7.27. The van der Waals surface area contributed by atoms with Crippen LogP contribution in [-0.2, 0) is 7.05 Å². The van der Waals surface area contributed by atoms with Crippen molar-refractivity contribution < 1.29 is 4.57 Å². The molecule has 2 atom stereocenters. The van der Waals surface area contributed by atoms with Gasteiger partial charge >= 0.3 is 0 Å². The topological polar surface area (TPSA) is 8.81 Å². The summed E-state index contributed by atoms with van der Waals surface area (Å²) in [7, 11) is 3.49. The first-order valence-electron chi connectivity index (χ1n) is 10.7. The Hall–Kier alpha value is -2.29. The number of hydrogen-bond donors (Lipinski definition) is 0. The van der Waals surface area contributed by atoms with Crippen LogP contribution in [0.5, 0.6) is 0 Å². The SMILES string of the molecule is CC(C)c1cc(-c2ccccc2)cc(C(C)C)c1-n1cc[n+](C)c1C1BC1C. The maximum absolute atomic E-state index is 2.49. The summed E-state index contributed by atoms with van der Waals surface area (Å²) in [5, 5.41) is 0. The molecule has 0 radical (unpaired) electrons. The molecule has 0 amide bonds. The molecule has 1 fully saturated rings. The van der Waals surface area contributed by atoms with E-state index in [-0.39, 0.29) is 0 Å². The molecule has 0 saturated carbocycles. The van der Waals surface area contributed by atoms with Crippen molar-refractivity contribution in [3.8, 4) is 16.8 Å². The van der Waals surface area contributed by atoms with E-state index in [1.165, 1.54) is 41.0 Å². The molecule has 1 aromatic heterocycles. The minimum Gasteiger partial charge on any atom is -0.237 e. The Morgan fingerprint density at radius 2 is 1.50 bits per heavy atom. The van der Waals surface area contributed by atoms with Gasteiger partial charge in [-0.3, -0.25) is 0 Å². The molecule has 0 N–H and O–H groups in total. The van der Waals surface area contributed by atoms with Gasteiger partial charge in [-0.05, 0) is 35.1 Å². The van der Waals surface area contributed by atoms with E-state index in [9.17, 15) is 0 Å². The van der Waals surface area contributed by atoms with E-state index in [1.54, 1.807) is 0 Å². The highest BCUT2D eigenvalue weighted by Crippen LogP contribution is 2.44. The van der Waals surface area contributed by atoms with Gasteiger partial charge in [0.25, 0.3) is 5.82 Å². The highest BCUT2D eigenvalue weighted by Gasteiger charge is 2.45. The third-order valence-electron chi connectivity index (χ3n) is 6.25. The van der Waals surface area contributed by atoms with Crippen LogP contribution >= 0.6 is 0 Å². The van der Waals surface area contributed by atoms with Crippen LogP contribution in [0.25, 0.3) is 16.8 Å². The first kappa shape index (κ1) is 19.0. The van der Waals surface area contributed by atoms with E-state index in [0.29, 0.717) is 17.7 Å². The van der Waals surface area contributed by atoms with Crippen LogP contribution in [0.1, 0.15) is 69.2 Å². The van der Waals surface area contributed by atoms with Crippen molar-refractivity contribution in [3.63, 3.8) is 0 Å². The van der Waals surface area contributed by atoms with E-state index >= 15 is 0 Å². The van der Waals surface area contributed by atoms with Gasteiger partial charge in [0.1, 0.15) is 25.4 Å². The molecule has 2 unspecified atom stereocenters. The van der Waals surface area contributed by atoms with Crippen LogP contribution in [0.15, 0.2) is 54.9 Å². The fourth-order valence-electron chi connectivity index (χ4n) is 4.44. The van der Waals surface area contributed by atoms with Crippen LogP contribution in [-0.4, -0.2) is 11.8 Å². The Labute approximate surface area is 170 Å². The van der Waals surface area contributed by atoms with Crippen molar-refractivity contribution in [1.29, 1.82) is 0 Å².